The lowest BCUT2D eigenvalue weighted by molar-refractivity contribution is -0.301. The van der Waals surface area contributed by atoms with E-state index in [1.165, 1.54) is 7.11 Å². The lowest BCUT2D eigenvalue weighted by Gasteiger charge is -2.41. The van der Waals surface area contributed by atoms with Gasteiger partial charge in [-0.15, -0.1) is 0 Å². The first kappa shape index (κ1) is 43.6. The Kier molecular flexibility index (Phi) is 14.9. The summed E-state index contributed by atoms with van der Waals surface area (Å²) in [5.41, 5.74) is 0. The maximum atomic E-state index is 12.5. The summed E-state index contributed by atoms with van der Waals surface area (Å²) in [6.45, 7) is -1.36. The van der Waals surface area contributed by atoms with E-state index in [-0.39, 0.29) is 53.7 Å². The van der Waals surface area contributed by atoms with Gasteiger partial charge in [0.05, 0.1) is 6.61 Å². The molecule has 0 aromatic rings. The number of hydrogen-bond donors (Lipinski definition) is 5. The van der Waals surface area contributed by atoms with Crippen molar-refractivity contribution in [2.24, 2.45) is 0 Å². The van der Waals surface area contributed by atoms with Crippen molar-refractivity contribution in [2.75, 3.05) is 27.4 Å². The predicted molar refractivity (Wildman–Crippen MR) is 161 cm³/mol. The average Bonchev–Trinajstić information content (AvgIpc) is 3.78. The van der Waals surface area contributed by atoms with E-state index in [2.05, 4.69) is 14.5 Å². The monoisotopic (exact) mass is 811 g/mol. The quantitative estimate of drug-likeness (QED) is 0.0789. The first-order valence-corrected chi connectivity index (χ1v) is 16.4. The Morgan fingerprint density at radius 2 is 0.946 bits per heavy atom. The van der Waals surface area contributed by atoms with Crippen LogP contribution in [0.2, 0.25) is 0 Å². The molecule has 5 heterocycles. The number of aliphatic hydroxyl groups excluding tert-OH is 5. The summed E-state index contributed by atoms with van der Waals surface area (Å²) in [4.78, 5) is 121. The molecule has 0 aromatic heterocycles. The van der Waals surface area contributed by atoms with Gasteiger partial charge >= 0.3 is 18.5 Å². The zero-order chi connectivity index (χ0) is 41.4. The average molecular weight is 812 g/mol. The second kappa shape index (κ2) is 19.1. The smallest absolute Gasteiger partial charge is 0.430 e. The van der Waals surface area contributed by atoms with Crippen LogP contribution in [0.25, 0.3) is 0 Å². The molecule has 0 spiro atoms. The van der Waals surface area contributed by atoms with Crippen LogP contribution in [0.5, 0.6) is 0 Å². The van der Waals surface area contributed by atoms with E-state index in [1.807, 2.05) is 0 Å². The van der Waals surface area contributed by atoms with Crippen LogP contribution in [0, 0.1) is 0 Å². The molecule has 27 nitrogen and oxygen atoms in total. The van der Waals surface area contributed by atoms with E-state index in [0.29, 0.717) is 0 Å². The molecule has 312 valence electrons. The van der Waals surface area contributed by atoms with Gasteiger partial charge in [0.25, 0.3) is 35.4 Å². The first-order chi connectivity index (χ1) is 26.5. The molecule has 56 heavy (non-hydrogen) atoms. The van der Waals surface area contributed by atoms with Gasteiger partial charge in [0.2, 0.25) is 0 Å². The molecule has 5 aliphatic rings. The molecule has 0 bridgehead atoms. The number of aliphatic hydroxyl groups is 5. The molecule has 5 saturated heterocycles. The van der Waals surface area contributed by atoms with Crippen LogP contribution in [0.15, 0.2) is 0 Å². The second-order valence-corrected chi connectivity index (χ2v) is 11.9. The van der Waals surface area contributed by atoms with E-state index in [4.69, 9.17) is 38.3 Å². The van der Waals surface area contributed by atoms with Crippen molar-refractivity contribution in [1.29, 1.82) is 0 Å². The van der Waals surface area contributed by atoms with Crippen LogP contribution in [0.3, 0.4) is 0 Å². The Labute approximate surface area is 313 Å². The number of hydrogen-bond acceptors (Lipinski definition) is 24. The molecule has 10 unspecified atom stereocenters. The van der Waals surface area contributed by atoms with Crippen LogP contribution in [-0.2, 0) is 76.4 Å². The third-order valence-corrected chi connectivity index (χ3v) is 8.27. The first-order valence-electron chi connectivity index (χ1n) is 16.4. The molecule has 6 amide bonds. The summed E-state index contributed by atoms with van der Waals surface area (Å²) in [6.07, 6.45) is -21.6. The highest BCUT2D eigenvalue weighted by Crippen LogP contribution is 2.29. The fraction of sp³-hybridized carbons (Fsp3) is 0.690. The van der Waals surface area contributed by atoms with E-state index in [1.54, 1.807) is 0 Å². The van der Waals surface area contributed by atoms with Crippen molar-refractivity contribution in [3.63, 3.8) is 0 Å². The standard InChI is InChI=1S/C22H23N3O18.C7H14O6/c1-36-19-18(40-22(35)43-25-14(30)6-7-15(25)31)16(32)17(39-21(34)42-24-12(28)4-5-13(24)29)9(38-19)8-37-20(33)41-23-10(26)2-3-11(23)27;1-12-7-6(11)5(10)4(9)3(2-8)13-7/h9,16-19,32H,2-8H2,1H3;3-11H,2H2,1H3. The third kappa shape index (κ3) is 10.2. The maximum absolute atomic E-state index is 12.5. The van der Waals surface area contributed by atoms with E-state index in [0.717, 1.165) is 7.11 Å². The van der Waals surface area contributed by atoms with Gasteiger partial charge in [-0.1, -0.05) is 15.2 Å². The molecule has 0 aromatic carbocycles. The van der Waals surface area contributed by atoms with Crippen LogP contribution in [0.4, 0.5) is 14.4 Å². The molecule has 0 aliphatic carbocycles. The number of methoxy groups -OCH3 is 2. The van der Waals surface area contributed by atoms with Crippen molar-refractivity contribution in [3.05, 3.63) is 0 Å². The summed E-state index contributed by atoms with van der Waals surface area (Å²) in [5, 5.41) is 48.0. The molecular formula is C29H37N3O24. The molecule has 5 rings (SSSR count). The normalized spacial score (nSPS) is 31.9. The van der Waals surface area contributed by atoms with Crippen molar-refractivity contribution in [1.82, 2.24) is 15.2 Å². The van der Waals surface area contributed by atoms with Gasteiger partial charge in [-0.2, -0.15) is 0 Å². The highest BCUT2D eigenvalue weighted by Gasteiger charge is 2.52. The highest BCUT2D eigenvalue weighted by atomic mass is 16.9. The Hall–Kier alpha value is -5.13. The number of ether oxygens (including phenoxy) is 7. The molecule has 0 radical (unpaired) electrons. The van der Waals surface area contributed by atoms with Gasteiger partial charge in [-0.3, -0.25) is 43.3 Å². The van der Waals surface area contributed by atoms with Gasteiger partial charge < -0.3 is 58.7 Å². The number of rotatable bonds is 10. The Morgan fingerprint density at radius 3 is 1.36 bits per heavy atom. The predicted octanol–water partition coefficient (Wildman–Crippen LogP) is -4.46. The van der Waals surface area contributed by atoms with Gasteiger partial charge in [0, 0.05) is 52.7 Å². The minimum Gasteiger partial charge on any atom is -0.430 e. The largest absolute Gasteiger partial charge is 0.534 e. The van der Waals surface area contributed by atoms with E-state index >= 15 is 0 Å². The molecule has 27 heteroatoms. The summed E-state index contributed by atoms with van der Waals surface area (Å²) in [5.74, 6) is -5.06. The van der Waals surface area contributed by atoms with E-state index in [9.17, 15) is 63.6 Å². The lowest BCUT2D eigenvalue weighted by atomic mass is 9.99. The van der Waals surface area contributed by atoms with Gasteiger partial charge in [0.1, 0.15) is 43.2 Å². The van der Waals surface area contributed by atoms with E-state index < -0.39 is 129 Å². The summed E-state index contributed by atoms with van der Waals surface area (Å²) >= 11 is 0. The third-order valence-electron chi connectivity index (χ3n) is 8.27. The van der Waals surface area contributed by atoms with Crippen molar-refractivity contribution in [3.8, 4) is 0 Å². The lowest BCUT2D eigenvalue weighted by Crippen LogP contribution is -2.62. The number of imide groups is 3. The van der Waals surface area contributed by atoms with Gasteiger partial charge in [0.15, 0.2) is 24.8 Å². The number of hydroxylamine groups is 6. The van der Waals surface area contributed by atoms with Crippen molar-refractivity contribution in [2.45, 2.75) is 99.9 Å². The fourth-order valence-electron chi connectivity index (χ4n) is 5.39. The minimum atomic E-state index is -2.11. The van der Waals surface area contributed by atoms with Crippen molar-refractivity contribution < 1.29 is 116 Å². The second-order valence-electron chi connectivity index (χ2n) is 11.9. The van der Waals surface area contributed by atoms with Crippen molar-refractivity contribution >= 4 is 53.9 Å². The minimum absolute atomic E-state index is 0.124. The Morgan fingerprint density at radius 1 is 0.554 bits per heavy atom. The highest BCUT2D eigenvalue weighted by molar-refractivity contribution is 6.02. The zero-order valence-corrected chi connectivity index (χ0v) is 29.3. The molecule has 5 aliphatic heterocycles. The number of amides is 6. The van der Waals surface area contributed by atoms with Crippen LogP contribution in [-0.4, -0.2) is 183 Å². The topological polar surface area (TPSA) is 357 Å². The Balaban J connectivity index is 0.000000453. The number of carbonyl (C=O) groups excluding carboxylic acids is 9. The number of carbonyl (C=O) groups is 9. The molecule has 5 fully saturated rings. The molecular weight excluding hydrogens is 774 g/mol. The molecule has 5 N–H and O–H groups in total. The van der Waals surface area contributed by atoms with Gasteiger partial charge in [-0.25, -0.2) is 14.4 Å². The molecule has 10 atom stereocenters. The van der Waals surface area contributed by atoms with Crippen LogP contribution >= 0.6 is 0 Å². The van der Waals surface area contributed by atoms with Crippen LogP contribution < -0.4 is 0 Å². The van der Waals surface area contributed by atoms with Crippen LogP contribution in [0.1, 0.15) is 38.5 Å². The summed E-state index contributed by atoms with van der Waals surface area (Å²) in [6, 6.07) is 0. The van der Waals surface area contributed by atoms with Gasteiger partial charge in [-0.05, 0) is 0 Å². The SMILES string of the molecule is COC1OC(CO)C(O)C(O)C1O.COC1OC(COC(=O)ON2C(=O)CCC2=O)C(OC(=O)ON2C(=O)CCC2=O)C(O)C1OC(=O)ON1C(=O)CCC1=O. The maximum Gasteiger partial charge on any atom is 0.534 e. The summed E-state index contributed by atoms with van der Waals surface area (Å²) in [7, 11) is 2.33. The Bertz CT molecular complexity index is 1470. The fourth-order valence-corrected chi connectivity index (χ4v) is 5.39. The number of nitrogens with zero attached hydrogens (tertiary/aromatic N) is 3. The zero-order valence-electron chi connectivity index (χ0n) is 29.3. The summed E-state index contributed by atoms with van der Waals surface area (Å²) < 4.78 is 35.0. The molecule has 0 saturated carbocycles.